The van der Waals surface area contributed by atoms with Crippen LogP contribution in [0.15, 0.2) is 42.5 Å². The normalized spacial score (nSPS) is 10.2. The van der Waals surface area contributed by atoms with E-state index in [1.54, 1.807) is 12.1 Å². The summed E-state index contributed by atoms with van der Waals surface area (Å²) in [6, 6.07) is 12.4. The average Bonchev–Trinajstić information content (AvgIpc) is 2.16. The molecular weight excluding hydrogens is 303 g/mol. The molecule has 0 radical (unpaired) electrons. The average molecular weight is 312 g/mol. The maximum absolute atomic E-state index is 9.38. The van der Waals surface area contributed by atoms with Crippen LogP contribution in [0.5, 0.6) is 11.5 Å². The number of rotatable bonds is 1. The van der Waals surface area contributed by atoms with Crippen LogP contribution in [-0.2, 0) is 0 Å². The fourth-order valence-corrected chi connectivity index (χ4v) is 2.14. The molecular formula is C12H9IO2. The molecule has 0 atom stereocenters. The van der Waals surface area contributed by atoms with E-state index in [4.69, 9.17) is 0 Å². The van der Waals surface area contributed by atoms with Crippen molar-refractivity contribution >= 4 is 22.6 Å². The van der Waals surface area contributed by atoms with Crippen LogP contribution >= 0.6 is 22.6 Å². The first-order valence-corrected chi connectivity index (χ1v) is 5.52. The molecule has 0 spiro atoms. The molecule has 0 amide bonds. The highest BCUT2D eigenvalue weighted by atomic mass is 127. The lowest BCUT2D eigenvalue weighted by atomic mass is 10.1. The van der Waals surface area contributed by atoms with Crippen molar-refractivity contribution in [3.63, 3.8) is 0 Å². The highest BCUT2D eigenvalue weighted by molar-refractivity contribution is 14.1. The molecule has 0 heterocycles. The molecule has 0 aliphatic carbocycles. The van der Waals surface area contributed by atoms with Crippen molar-refractivity contribution < 1.29 is 10.2 Å². The van der Waals surface area contributed by atoms with Crippen molar-refractivity contribution in [3.05, 3.63) is 46.0 Å². The molecule has 0 aromatic heterocycles. The maximum atomic E-state index is 9.38. The largest absolute Gasteiger partial charge is 0.508 e. The van der Waals surface area contributed by atoms with Crippen molar-refractivity contribution in [1.29, 1.82) is 0 Å². The van der Waals surface area contributed by atoms with Crippen molar-refractivity contribution in [2.24, 2.45) is 0 Å². The number of phenolic OH excluding ortho intramolecular Hbond substituents is 2. The second-order valence-corrected chi connectivity index (χ2v) is 4.38. The first-order chi connectivity index (χ1) is 7.16. The Morgan fingerprint density at radius 1 is 0.867 bits per heavy atom. The molecule has 2 aromatic rings. The van der Waals surface area contributed by atoms with E-state index in [0.29, 0.717) is 0 Å². The quantitative estimate of drug-likeness (QED) is 0.793. The zero-order valence-corrected chi connectivity index (χ0v) is 9.97. The Balaban J connectivity index is 2.59. The van der Waals surface area contributed by atoms with Gasteiger partial charge in [0.05, 0.1) is 0 Å². The maximum Gasteiger partial charge on any atom is 0.119 e. The summed E-state index contributed by atoms with van der Waals surface area (Å²) in [5, 5.41) is 18.8. The summed E-state index contributed by atoms with van der Waals surface area (Å²) in [5.41, 5.74) is 1.82. The van der Waals surface area contributed by atoms with Crippen LogP contribution in [0.4, 0.5) is 0 Å². The zero-order valence-electron chi connectivity index (χ0n) is 7.81. The van der Waals surface area contributed by atoms with Crippen LogP contribution in [0.25, 0.3) is 11.1 Å². The number of phenols is 2. The second-order valence-electron chi connectivity index (χ2n) is 3.22. The summed E-state index contributed by atoms with van der Waals surface area (Å²) in [4.78, 5) is 0. The van der Waals surface area contributed by atoms with Gasteiger partial charge in [-0.2, -0.15) is 0 Å². The number of hydrogen-bond acceptors (Lipinski definition) is 2. The van der Waals surface area contributed by atoms with Crippen molar-refractivity contribution in [1.82, 2.24) is 0 Å². The van der Waals surface area contributed by atoms with Crippen LogP contribution in [-0.4, -0.2) is 10.2 Å². The number of halogens is 1. The van der Waals surface area contributed by atoms with Gasteiger partial charge in [0.1, 0.15) is 11.5 Å². The summed E-state index contributed by atoms with van der Waals surface area (Å²) in [7, 11) is 0. The molecule has 2 aromatic carbocycles. The second kappa shape index (κ2) is 4.10. The van der Waals surface area contributed by atoms with E-state index in [-0.39, 0.29) is 11.5 Å². The van der Waals surface area contributed by atoms with Gasteiger partial charge < -0.3 is 10.2 Å². The van der Waals surface area contributed by atoms with E-state index >= 15 is 0 Å². The third-order valence-corrected chi connectivity index (χ3v) is 3.03. The van der Waals surface area contributed by atoms with Crippen LogP contribution in [0, 0.1) is 3.57 Å². The van der Waals surface area contributed by atoms with Gasteiger partial charge in [0.25, 0.3) is 0 Å². The molecule has 76 valence electrons. The third kappa shape index (κ3) is 2.23. The topological polar surface area (TPSA) is 40.5 Å². The summed E-state index contributed by atoms with van der Waals surface area (Å²) in [5.74, 6) is 0.148. The molecule has 15 heavy (non-hydrogen) atoms. The Morgan fingerprint density at radius 3 is 2.07 bits per heavy atom. The Bertz CT molecular complexity index is 474. The van der Waals surface area contributed by atoms with Gasteiger partial charge in [-0.1, -0.05) is 18.2 Å². The van der Waals surface area contributed by atoms with Crippen LogP contribution < -0.4 is 0 Å². The minimum absolute atomic E-state index is 0.0738. The molecule has 0 fully saturated rings. The zero-order chi connectivity index (χ0) is 10.8. The molecule has 0 unspecified atom stereocenters. The summed E-state index contributed by atoms with van der Waals surface area (Å²) >= 11 is 2.22. The Kier molecular flexibility index (Phi) is 2.81. The predicted octanol–water partition coefficient (Wildman–Crippen LogP) is 3.37. The molecule has 0 aliphatic rings. The smallest absolute Gasteiger partial charge is 0.119 e. The van der Waals surface area contributed by atoms with Gasteiger partial charge in [0.2, 0.25) is 0 Å². The van der Waals surface area contributed by atoms with E-state index in [1.165, 1.54) is 6.07 Å². The highest BCUT2D eigenvalue weighted by Crippen LogP contribution is 2.31. The molecule has 2 rings (SSSR count). The lowest BCUT2D eigenvalue weighted by Crippen LogP contribution is -1.81. The first-order valence-electron chi connectivity index (χ1n) is 4.45. The van der Waals surface area contributed by atoms with Gasteiger partial charge in [-0.15, -0.1) is 0 Å². The minimum Gasteiger partial charge on any atom is -0.508 e. The van der Waals surface area contributed by atoms with Gasteiger partial charge in [-0.3, -0.25) is 0 Å². The summed E-state index contributed by atoms with van der Waals surface area (Å²) in [6.07, 6.45) is 0. The van der Waals surface area contributed by atoms with Crippen molar-refractivity contribution in [3.8, 4) is 22.6 Å². The molecule has 0 saturated carbocycles. The molecule has 0 bridgehead atoms. The fourth-order valence-electron chi connectivity index (χ4n) is 1.45. The number of benzene rings is 2. The lowest BCUT2D eigenvalue weighted by Gasteiger charge is -2.05. The Hall–Kier alpha value is -1.23. The van der Waals surface area contributed by atoms with Gasteiger partial charge >= 0.3 is 0 Å². The van der Waals surface area contributed by atoms with E-state index in [1.807, 2.05) is 24.3 Å². The third-order valence-electron chi connectivity index (χ3n) is 2.09. The Morgan fingerprint density at radius 2 is 1.47 bits per heavy atom. The number of aromatic hydroxyl groups is 2. The summed E-state index contributed by atoms with van der Waals surface area (Å²) in [6.45, 7) is 0. The molecule has 0 aliphatic heterocycles. The van der Waals surface area contributed by atoms with Crippen LogP contribution in [0.3, 0.4) is 0 Å². The van der Waals surface area contributed by atoms with Crippen LogP contribution in [0.1, 0.15) is 0 Å². The van der Waals surface area contributed by atoms with Crippen molar-refractivity contribution in [2.45, 2.75) is 0 Å². The summed E-state index contributed by atoms with van der Waals surface area (Å²) < 4.78 is 1.08. The molecule has 3 heteroatoms. The van der Waals surface area contributed by atoms with E-state index in [0.717, 1.165) is 14.7 Å². The van der Waals surface area contributed by atoms with Gasteiger partial charge in [0.15, 0.2) is 0 Å². The molecule has 2 nitrogen and oxygen atoms in total. The Labute approximate surface area is 101 Å². The first kappa shape index (κ1) is 10.3. The standard InChI is InChI=1S/C12H9IO2/c13-12-4-2-1-3-11(12)8-5-9(14)7-10(15)6-8/h1-7,14-15H. The van der Waals surface area contributed by atoms with E-state index < -0.39 is 0 Å². The van der Waals surface area contributed by atoms with Gasteiger partial charge in [-0.05, 0) is 51.9 Å². The SMILES string of the molecule is Oc1cc(O)cc(-c2ccccc2I)c1. The molecule has 0 saturated heterocycles. The lowest BCUT2D eigenvalue weighted by molar-refractivity contribution is 0.451. The molecule has 2 N–H and O–H groups in total. The fraction of sp³-hybridized carbons (Fsp3) is 0. The van der Waals surface area contributed by atoms with Crippen LogP contribution in [0.2, 0.25) is 0 Å². The van der Waals surface area contributed by atoms with E-state index in [9.17, 15) is 10.2 Å². The van der Waals surface area contributed by atoms with Crippen molar-refractivity contribution in [2.75, 3.05) is 0 Å². The highest BCUT2D eigenvalue weighted by Gasteiger charge is 2.04. The monoisotopic (exact) mass is 312 g/mol. The van der Waals surface area contributed by atoms with Gasteiger partial charge in [0, 0.05) is 9.64 Å². The minimum atomic E-state index is 0.0738. The number of hydrogen-bond donors (Lipinski definition) is 2. The predicted molar refractivity (Wildman–Crippen MR) is 67.9 cm³/mol. The van der Waals surface area contributed by atoms with E-state index in [2.05, 4.69) is 22.6 Å². The van der Waals surface area contributed by atoms with Gasteiger partial charge in [-0.25, -0.2) is 0 Å².